The van der Waals surface area contributed by atoms with Crippen LogP contribution in [-0.2, 0) is 21.1 Å². The van der Waals surface area contributed by atoms with Crippen LogP contribution in [-0.4, -0.2) is 24.8 Å². The summed E-state index contributed by atoms with van der Waals surface area (Å²) in [5.74, 6) is 0. The average molecular weight is 482 g/mol. The third-order valence-electron chi connectivity index (χ3n) is 2.77. The minimum atomic E-state index is 0. The van der Waals surface area contributed by atoms with Crippen LogP contribution in [0.2, 0.25) is 0 Å². The molecule has 0 saturated carbocycles. The van der Waals surface area contributed by atoms with E-state index in [2.05, 4.69) is 27.4 Å². The first kappa shape index (κ1) is 16.8. The fourth-order valence-corrected chi connectivity index (χ4v) is 1.79. The number of hydrogen-bond acceptors (Lipinski definition) is 3. The Bertz CT molecular complexity index is 699. The Morgan fingerprint density at radius 1 is 0.696 bits per heavy atom. The predicted molar refractivity (Wildman–Crippen MR) is 82.6 cm³/mol. The Labute approximate surface area is 148 Å². The first-order valence-corrected chi connectivity index (χ1v) is 6.73. The van der Waals surface area contributed by atoms with Crippen LogP contribution < -0.4 is 0 Å². The normalized spacial score (nSPS) is 9.39. The molecule has 0 spiro atoms. The molecule has 0 atom stereocenters. The number of para-hydroxylation sites is 2. The van der Waals surface area contributed by atoms with Gasteiger partial charge in [0.25, 0.3) is 0 Å². The van der Waals surface area contributed by atoms with Gasteiger partial charge in [-0.1, -0.05) is 0 Å². The Morgan fingerprint density at radius 2 is 1.35 bits per heavy atom. The molecule has 2 aromatic carbocycles. The third kappa shape index (κ3) is 4.73. The second kappa shape index (κ2) is 8.81. The Morgan fingerprint density at radius 3 is 1.87 bits per heavy atom. The molecule has 0 aliphatic carbocycles. The fourth-order valence-electron chi connectivity index (χ4n) is 1.79. The number of hydrogen-bond donors (Lipinski definition) is 0. The number of aromatic nitrogens is 5. The fraction of sp³-hybridized carbons (Fsp3) is 0. The van der Waals surface area contributed by atoms with Crippen LogP contribution in [0.3, 0.4) is 0 Å². The van der Waals surface area contributed by atoms with Gasteiger partial charge in [-0.25, -0.2) is 0 Å². The summed E-state index contributed by atoms with van der Waals surface area (Å²) in [5, 5.41) is 12.0. The van der Waals surface area contributed by atoms with E-state index in [1.807, 2.05) is 60.8 Å². The molecule has 0 unspecified atom stereocenters. The Hall–Kier alpha value is -2.52. The van der Waals surface area contributed by atoms with Crippen LogP contribution in [0.4, 0.5) is 0 Å². The van der Waals surface area contributed by atoms with Crippen molar-refractivity contribution in [2.45, 2.75) is 0 Å². The van der Waals surface area contributed by atoms with Crippen molar-refractivity contribution in [2.75, 3.05) is 0 Å². The monoisotopic (exact) mass is 482 g/mol. The molecule has 5 nitrogen and oxygen atoms in total. The van der Waals surface area contributed by atoms with Gasteiger partial charge in [-0.15, -0.1) is 12.1 Å². The van der Waals surface area contributed by atoms with Gasteiger partial charge in [-0.05, 0) is 17.4 Å². The molecule has 116 valence electrons. The van der Waals surface area contributed by atoms with Crippen molar-refractivity contribution in [1.29, 1.82) is 0 Å². The van der Waals surface area contributed by atoms with Crippen molar-refractivity contribution >= 4 is 0 Å². The van der Waals surface area contributed by atoms with Gasteiger partial charge >= 0.3 is 21.1 Å². The smallest absolute Gasteiger partial charge is 0.266 e. The van der Waals surface area contributed by atoms with Crippen molar-refractivity contribution in [3.05, 3.63) is 91.5 Å². The third-order valence-corrected chi connectivity index (χ3v) is 2.77. The maximum Gasteiger partial charge on any atom is 2.00 e. The molecule has 23 heavy (non-hydrogen) atoms. The minimum absolute atomic E-state index is 0. The van der Waals surface area contributed by atoms with Crippen LogP contribution in [0, 0.1) is 12.1 Å². The van der Waals surface area contributed by atoms with Crippen LogP contribution >= 0.6 is 0 Å². The molecule has 0 amide bonds. The van der Waals surface area contributed by atoms with Crippen LogP contribution in [0.1, 0.15) is 0 Å². The van der Waals surface area contributed by atoms with Crippen LogP contribution in [0.15, 0.2) is 79.4 Å². The van der Waals surface area contributed by atoms with Gasteiger partial charge in [0.1, 0.15) is 0 Å². The van der Waals surface area contributed by atoms with Gasteiger partial charge in [-0.2, -0.15) is 68.6 Å². The van der Waals surface area contributed by atoms with Crippen LogP contribution in [0.5, 0.6) is 0 Å². The molecule has 0 aliphatic rings. The van der Waals surface area contributed by atoms with Crippen molar-refractivity contribution in [2.24, 2.45) is 0 Å². The first-order valence-electron chi connectivity index (χ1n) is 6.73. The summed E-state index contributed by atoms with van der Waals surface area (Å²) in [5.41, 5.74) is 1.83. The SMILES string of the molecule is [Pt+2].[c-]1ccccc1-n1cccn1.[c-]1ccccc1-n1nccn1. The molecular weight excluding hydrogens is 469 g/mol. The molecule has 0 saturated heterocycles. The van der Waals surface area contributed by atoms with Crippen molar-refractivity contribution < 1.29 is 21.1 Å². The quantitative estimate of drug-likeness (QED) is 0.413. The van der Waals surface area contributed by atoms with Gasteiger partial charge in [-0.3, -0.25) is 4.68 Å². The molecule has 0 N–H and O–H groups in total. The predicted octanol–water partition coefficient (Wildman–Crippen LogP) is 2.74. The molecule has 0 radical (unpaired) electrons. The molecule has 0 bridgehead atoms. The van der Waals surface area contributed by atoms with Gasteiger partial charge in [0.2, 0.25) is 0 Å². The zero-order valence-electron chi connectivity index (χ0n) is 12.1. The summed E-state index contributed by atoms with van der Waals surface area (Å²) in [6.45, 7) is 0. The number of rotatable bonds is 2. The van der Waals surface area contributed by atoms with E-state index in [-0.39, 0.29) is 21.1 Å². The summed E-state index contributed by atoms with van der Waals surface area (Å²) in [6.07, 6.45) is 6.92. The molecule has 4 rings (SSSR count). The second-order valence-corrected chi connectivity index (χ2v) is 4.26. The van der Waals surface area contributed by atoms with E-state index < -0.39 is 0 Å². The summed E-state index contributed by atoms with van der Waals surface area (Å²) < 4.78 is 1.78. The van der Waals surface area contributed by atoms with E-state index in [4.69, 9.17) is 0 Å². The zero-order chi connectivity index (χ0) is 15.0. The van der Waals surface area contributed by atoms with E-state index in [0.29, 0.717) is 0 Å². The number of benzene rings is 2. The Balaban J connectivity index is 0.000000160. The van der Waals surface area contributed by atoms with Gasteiger partial charge < -0.3 is 0 Å². The van der Waals surface area contributed by atoms with Crippen LogP contribution in [0.25, 0.3) is 11.4 Å². The van der Waals surface area contributed by atoms with Gasteiger partial charge in [0, 0.05) is 12.4 Å². The minimum Gasteiger partial charge on any atom is -0.266 e. The molecule has 2 heterocycles. The van der Waals surface area contributed by atoms with Gasteiger partial charge in [0.05, 0.1) is 12.4 Å². The Kier molecular flexibility index (Phi) is 6.45. The standard InChI is InChI=1S/C9H7N2.C8H6N3.Pt/c1-2-5-9(6-3-1)11-8-4-7-10-11;1-2-4-8(5-3-1)11-9-6-7-10-11;/h1-5,7-8H;1-4,6-7H;/q2*-1;+2. The summed E-state index contributed by atoms with van der Waals surface area (Å²) in [7, 11) is 0. The molecule has 0 aliphatic heterocycles. The van der Waals surface area contributed by atoms with Crippen molar-refractivity contribution in [1.82, 2.24) is 24.8 Å². The van der Waals surface area contributed by atoms with E-state index in [0.717, 1.165) is 11.4 Å². The molecule has 6 heteroatoms. The van der Waals surface area contributed by atoms with E-state index >= 15 is 0 Å². The van der Waals surface area contributed by atoms with E-state index in [1.165, 1.54) is 4.80 Å². The summed E-state index contributed by atoms with van der Waals surface area (Å²) in [6, 6.07) is 23.3. The molecule has 2 aromatic heterocycles. The number of nitrogens with zero attached hydrogens (tertiary/aromatic N) is 5. The maximum absolute atomic E-state index is 4.07. The zero-order valence-corrected chi connectivity index (χ0v) is 14.3. The molecular formula is C17H13N5Pt. The van der Waals surface area contributed by atoms with Gasteiger partial charge in [0.15, 0.2) is 0 Å². The molecule has 4 aromatic rings. The average Bonchev–Trinajstić information content (AvgIpc) is 3.31. The topological polar surface area (TPSA) is 48.5 Å². The van der Waals surface area contributed by atoms with Crippen molar-refractivity contribution in [3.63, 3.8) is 0 Å². The largest absolute Gasteiger partial charge is 2.00 e. The van der Waals surface area contributed by atoms with E-state index in [9.17, 15) is 0 Å². The van der Waals surface area contributed by atoms with Crippen molar-refractivity contribution in [3.8, 4) is 11.4 Å². The first-order chi connectivity index (χ1) is 10.9. The summed E-state index contributed by atoms with van der Waals surface area (Å²) >= 11 is 0. The maximum atomic E-state index is 4.07. The molecule has 0 fully saturated rings. The summed E-state index contributed by atoms with van der Waals surface area (Å²) in [4.78, 5) is 1.53. The second-order valence-electron chi connectivity index (χ2n) is 4.26. The van der Waals surface area contributed by atoms with E-state index in [1.54, 1.807) is 23.3 Å².